The van der Waals surface area contributed by atoms with Gasteiger partial charge in [-0.15, -0.1) is 0 Å². The van der Waals surface area contributed by atoms with Crippen molar-refractivity contribution in [3.8, 4) is 0 Å². The Morgan fingerprint density at radius 2 is 1.63 bits per heavy atom. The number of nitrogens with one attached hydrogen (secondary N) is 1. The van der Waals surface area contributed by atoms with Crippen LogP contribution >= 0.6 is 0 Å². The molecule has 4 rings (SSSR count). The molecule has 2 aliphatic carbocycles. The zero-order chi connectivity index (χ0) is 18.8. The maximum absolute atomic E-state index is 12.3. The molecule has 1 aromatic rings. The summed E-state index contributed by atoms with van der Waals surface area (Å²) in [6.07, 6.45) is 7.87. The first-order valence-electron chi connectivity index (χ1n) is 10.0. The number of H-pyrrole nitrogens is 1. The minimum atomic E-state index is -0.737. The highest BCUT2D eigenvalue weighted by Gasteiger charge is 2.49. The Labute approximate surface area is 157 Å². The second-order valence-corrected chi connectivity index (χ2v) is 7.78. The van der Waals surface area contributed by atoms with Crippen LogP contribution in [0.1, 0.15) is 57.6 Å². The monoisotopic (exact) mass is 380 g/mol. The van der Waals surface area contributed by atoms with Gasteiger partial charge in [0.25, 0.3) is 5.56 Å². The first-order valence-corrected chi connectivity index (χ1v) is 10.0. The fourth-order valence-electron chi connectivity index (χ4n) is 4.51. The molecule has 8 nitrogen and oxygen atoms in total. The lowest BCUT2D eigenvalue weighted by molar-refractivity contribution is -0.124. The van der Waals surface area contributed by atoms with Gasteiger partial charge >= 0.3 is 5.69 Å². The summed E-state index contributed by atoms with van der Waals surface area (Å²) in [6.45, 7) is -0.212. The molecule has 3 fully saturated rings. The van der Waals surface area contributed by atoms with Gasteiger partial charge in [0.1, 0.15) is 18.3 Å². The molecule has 1 aromatic heterocycles. The largest absolute Gasteiger partial charge is 0.394 e. The quantitative estimate of drug-likeness (QED) is 0.766. The van der Waals surface area contributed by atoms with Crippen LogP contribution in [0.25, 0.3) is 0 Å². The van der Waals surface area contributed by atoms with Crippen molar-refractivity contribution in [3.63, 3.8) is 0 Å². The molecule has 0 aromatic carbocycles. The van der Waals surface area contributed by atoms with Crippen molar-refractivity contribution >= 4 is 0 Å². The van der Waals surface area contributed by atoms with E-state index >= 15 is 0 Å². The lowest BCUT2D eigenvalue weighted by Gasteiger charge is -2.29. The Balaban J connectivity index is 1.62. The van der Waals surface area contributed by atoms with Crippen LogP contribution in [0.4, 0.5) is 0 Å². The molecule has 3 aliphatic rings. The number of aromatic amines is 1. The van der Waals surface area contributed by atoms with E-state index in [-0.39, 0.29) is 18.8 Å². The van der Waals surface area contributed by atoms with E-state index in [0.717, 1.165) is 51.4 Å². The van der Waals surface area contributed by atoms with Crippen LogP contribution in [0, 0.1) is 0 Å². The summed E-state index contributed by atoms with van der Waals surface area (Å²) >= 11 is 0. The number of ether oxygens (including phenoxy) is 3. The third-order valence-electron chi connectivity index (χ3n) is 5.89. The summed E-state index contributed by atoms with van der Waals surface area (Å²) < 4.78 is 20.0. The average molecular weight is 380 g/mol. The van der Waals surface area contributed by atoms with E-state index in [1.807, 2.05) is 0 Å². The number of aromatic nitrogens is 2. The van der Waals surface area contributed by atoms with Gasteiger partial charge in [0.15, 0.2) is 6.23 Å². The Morgan fingerprint density at radius 3 is 2.19 bits per heavy atom. The fraction of sp³-hybridized carbons (Fsp3) is 0.789. The molecule has 0 radical (unpaired) electrons. The van der Waals surface area contributed by atoms with Crippen LogP contribution in [0.3, 0.4) is 0 Å². The highest BCUT2D eigenvalue weighted by Crippen LogP contribution is 2.38. The van der Waals surface area contributed by atoms with Gasteiger partial charge in [-0.25, -0.2) is 4.79 Å². The number of hydrogen-bond acceptors (Lipinski definition) is 6. The molecule has 0 bridgehead atoms. The summed E-state index contributed by atoms with van der Waals surface area (Å²) in [5.41, 5.74) is -1.01. The number of rotatable bonds is 6. The minimum Gasteiger partial charge on any atom is -0.394 e. The van der Waals surface area contributed by atoms with Crippen molar-refractivity contribution < 1.29 is 19.3 Å². The molecule has 1 aliphatic heterocycles. The molecule has 27 heavy (non-hydrogen) atoms. The molecule has 2 N–H and O–H groups in total. The average Bonchev–Trinajstić information content (AvgIpc) is 3.39. The molecule has 0 unspecified atom stereocenters. The van der Waals surface area contributed by atoms with Crippen molar-refractivity contribution in [1.82, 2.24) is 9.55 Å². The van der Waals surface area contributed by atoms with Crippen molar-refractivity contribution in [2.45, 2.75) is 88.1 Å². The van der Waals surface area contributed by atoms with Gasteiger partial charge < -0.3 is 19.3 Å². The van der Waals surface area contributed by atoms with E-state index in [9.17, 15) is 14.7 Å². The number of aliphatic hydroxyl groups excluding tert-OH is 1. The molecule has 8 heteroatoms. The third-order valence-corrected chi connectivity index (χ3v) is 5.89. The van der Waals surface area contributed by atoms with Crippen molar-refractivity contribution in [2.75, 3.05) is 6.61 Å². The topological polar surface area (TPSA) is 103 Å². The summed E-state index contributed by atoms with van der Waals surface area (Å²) in [6, 6.07) is 1.29. The second-order valence-electron chi connectivity index (χ2n) is 7.78. The first kappa shape index (κ1) is 18.9. The van der Waals surface area contributed by atoms with Gasteiger partial charge in [-0.1, -0.05) is 25.7 Å². The maximum atomic E-state index is 12.3. The minimum absolute atomic E-state index is 0.103. The van der Waals surface area contributed by atoms with Crippen LogP contribution in [0.5, 0.6) is 0 Å². The second kappa shape index (κ2) is 8.26. The van der Waals surface area contributed by atoms with Gasteiger partial charge in [0.05, 0.1) is 18.8 Å². The fourth-order valence-corrected chi connectivity index (χ4v) is 4.51. The lowest BCUT2D eigenvalue weighted by Crippen LogP contribution is -2.43. The van der Waals surface area contributed by atoms with Gasteiger partial charge in [-0.2, -0.15) is 0 Å². The summed E-state index contributed by atoms with van der Waals surface area (Å²) in [5.74, 6) is 0. The number of nitrogens with zero attached hydrogens (tertiary/aromatic N) is 1. The Morgan fingerprint density at radius 1 is 1.04 bits per heavy atom. The van der Waals surface area contributed by atoms with E-state index in [1.165, 1.54) is 16.8 Å². The summed E-state index contributed by atoms with van der Waals surface area (Å²) in [7, 11) is 0. The predicted octanol–water partition coefficient (Wildman–Crippen LogP) is 1.08. The normalized spacial score (nSPS) is 32.5. The van der Waals surface area contributed by atoms with Crippen molar-refractivity contribution in [3.05, 3.63) is 33.1 Å². The van der Waals surface area contributed by atoms with Crippen molar-refractivity contribution in [1.29, 1.82) is 0 Å². The molecule has 0 spiro atoms. The lowest BCUT2D eigenvalue weighted by atomic mass is 10.1. The molecular weight excluding hydrogens is 352 g/mol. The van der Waals surface area contributed by atoms with E-state index in [1.54, 1.807) is 0 Å². The van der Waals surface area contributed by atoms with Crippen LogP contribution in [-0.4, -0.2) is 51.8 Å². The zero-order valence-corrected chi connectivity index (χ0v) is 15.4. The first-order chi connectivity index (χ1) is 13.2. The van der Waals surface area contributed by atoms with E-state index in [0.29, 0.717) is 0 Å². The van der Waals surface area contributed by atoms with Crippen LogP contribution in [0.15, 0.2) is 21.9 Å². The smallest absolute Gasteiger partial charge is 0.330 e. The molecular formula is C19H28N2O6. The van der Waals surface area contributed by atoms with Crippen LogP contribution in [-0.2, 0) is 14.2 Å². The molecule has 1 saturated heterocycles. The predicted molar refractivity (Wildman–Crippen MR) is 96.6 cm³/mol. The van der Waals surface area contributed by atoms with E-state index in [2.05, 4.69) is 4.98 Å². The van der Waals surface area contributed by atoms with Crippen LogP contribution in [0.2, 0.25) is 0 Å². The number of aliphatic hydroxyl groups is 1. The van der Waals surface area contributed by atoms with E-state index < -0.39 is 35.8 Å². The van der Waals surface area contributed by atoms with E-state index in [4.69, 9.17) is 14.2 Å². The summed E-state index contributed by atoms with van der Waals surface area (Å²) in [4.78, 5) is 26.0. The Bertz CT molecular complexity index is 734. The van der Waals surface area contributed by atoms with Crippen molar-refractivity contribution in [2.24, 2.45) is 0 Å². The molecule has 150 valence electrons. The highest BCUT2D eigenvalue weighted by atomic mass is 16.6. The van der Waals surface area contributed by atoms with Gasteiger partial charge in [0.2, 0.25) is 0 Å². The van der Waals surface area contributed by atoms with Gasteiger partial charge in [0, 0.05) is 12.3 Å². The highest BCUT2D eigenvalue weighted by molar-refractivity contribution is 4.96. The SMILES string of the molecule is O=c1ccn([C@@H]2O[C@H](CO)[C@@H](OC3CCCC3)[C@H]2OC2CCCC2)c(=O)[nH]1. The molecule has 2 saturated carbocycles. The molecule has 0 amide bonds. The molecule has 4 atom stereocenters. The Kier molecular flexibility index (Phi) is 5.77. The number of hydrogen-bond donors (Lipinski definition) is 2. The zero-order valence-electron chi connectivity index (χ0n) is 15.4. The maximum Gasteiger partial charge on any atom is 0.330 e. The standard InChI is InChI=1S/C19H28N2O6/c22-11-14-16(25-12-5-1-2-6-12)17(26-13-7-3-4-8-13)18(27-14)21-10-9-15(23)20-19(21)24/h9-10,12-14,16-18,22H,1-8,11H2,(H,20,23,24)/t14-,16-,17-,18-/m1/s1. The summed E-state index contributed by atoms with van der Waals surface area (Å²) in [5, 5.41) is 9.86. The third kappa shape index (κ3) is 4.03. The molecule has 2 heterocycles. The van der Waals surface area contributed by atoms with Gasteiger partial charge in [-0.05, 0) is 25.7 Å². The van der Waals surface area contributed by atoms with Crippen LogP contribution < -0.4 is 11.2 Å². The van der Waals surface area contributed by atoms with Gasteiger partial charge in [-0.3, -0.25) is 14.3 Å². The Hall–Kier alpha value is -1.48.